The normalized spacial score (nSPS) is 18.7. The average molecular weight is 241 g/mol. The van der Waals surface area contributed by atoms with Gasteiger partial charge >= 0.3 is 0 Å². The van der Waals surface area contributed by atoms with Crippen LogP contribution in [0.3, 0.4) is 0 Å². The molecular weight excluding hydrogens is 228 g/mol. The second kappa shape index (κ2) is 4.31. The zero-order valence-corrected chi connectivity index (χ0v) is 9.67. The third kappa shape index (κ3) is 1.86. The molecule has 0 saturated heterocycles. The van der Waals surface area contributed by atoms with Gasteiger partial charge in [0.2, 0.25) is 0 Å². The third-order valence-corrected chi connectivity index (χ3v) is 2.85. The Morgan fingerprint density at radius 2 is 2.31 bits per heavy atom. The molecule has 1 atom stereocenters. The molecular formula is C11H13ClN2O2. The van der Waals surface area contributed by atoms with E-state index < -0.39 is 6.10 Å². The van der Waals surface area contributed by atoms with Crippen LogP contribution in [0.2, 0.25) is 5.02 Å². The van der Waals surface area contributed by atoms with Crippen LogP contribution in [0.5, 0.6) is 5.75 Å². The Morgan fingerprint density at radius 1 is 1.56 bits per heavy atom. The van der Waals surface area contributed by atoms with Crippen LogP contribution in [-0.2, 0) is 4.79 Å². The Hall–Kier alpha value is -1.26. The first-order chi connectivity index (χ1) is 7.63. The van der Waals surface area contributed by atoms with Gasteiger partial charge in [-0.3, -0.25) is 4.79 Å². The lowest BCUT2D eigenvalue weighted by atomic mass is 10.1. The maximum atomic E-state index is 11.7. The van der Waals surface area contributed by atoms with Gasteiger partial charge in [0.25, 0.3) is 5.91 Å². The van der Waals surface area contributed by atoms with Crippen molar-refractivity contribution in [2.24, 2.45) is 5.73 Å². The van der Waals surface area contributed by atoms with Crippen molar-refractivity contribution in [2.75, 3.05) is 11.9 Å². The van der Waals surface area contributed by atoms with Crippen LogP contribution in [0.4, 0.5) is 5.69 Å². The molecule has 16 heavy (non-hydrogen) atoms. The Balaban J connectivity index is 2.38. The van der Waals surface area contributed by atoms with E-state index >= 15 is 0 Å². The number of nitrogens with two attached hydrogens (primary N) is 1. The first-order valence-corrected chi connectivity index (χ1v) is 5.48. The summed E-state index contributed by atoms with van der Waals surface area (Å²) in [5.41, 5.74) is 7.00. The number of hydrogen-bond donors (Lipinski definition) is 2. The van der Waals surface area contributed by atoms with Crippen LogP contribution in [0.1, 0.15) is 12.0 Å². The standard InChI is InChI=1S/C11H13ClN2O2/c1-6-2-3-7(12)10-9(6)14-11(15)8(16-10)4-5-13/h2-3,8H,4-5,13H2,1H3,(H,14,15). The quantitative estimate of drug-likeness (QED) is 0.827. The molecule has 3 N–H and O–H groups in total. The van der Waals surface area contributed by atoms with Crippen molar-refractivity contribution in [3.8, 4) is 5.75 Å². The molecule has 0 bridgehead atoms. The molecule has 1 aromatic carbocycles. The van der Waals surface area contributed by atoms with Gasteiger partial charge in [0, 0.05) is 6.42 Å². The average Bonchev–Trinajstić information content (AvgIpc) is 2.26. The lowest BCUT2D eigenvalue weighted by Crippen LogP contribution is -2.38. The van der Waals surface area contributed by atoms with E-state index in [0.29, 0.717) is 29.4 Å². The summed E-state index contributed by atoms with van der Waals surface area (Å²) in [6.45, 7) is 2.29. The minimum atomic E-state index is -0.545. The van der Waals surface area contributed by atoms with Gasteiger partial charge in [-0.2, -0.15) is 0 Å². The number of rotatable bonds is 2. The maximum Gasteiger partial charge on any atom is 0.265 e. The number of carbonyl (C=O) groups excluding carboxylic acids is 1. The number of benzene rings is 1. The molecule has 1 amide bonds. The summed E-state index contributed by atoms with van der Waals surface area (Å²) in [4.78, 5) is 11.7. The predicted molar refractivity (Wildman–Crippen MR) is 62.9 cm³/mol. The van der Waals surface area contributed by atoms with Crippen LogP contribution in [0, 0.1) is 6.92 Å². The molecule has 0 radical (unpaired) electrons. The molecule has 0 saturated carbocycles. The van der Waals surface area contributed by atoms with Crippen LogP contribution in [0.25, 0.3) is 0 Å². The lowest BCUT2D eigenvalue weighted by Gasteiger charge is -2.27. The summed E-state index contributed by atoms with van der Waals surface area (Å²) < 4.78 is 5.57. The molecule has 1 unspecified atom stereocenters. The fraction of sp³-hybridized carbons (Fsp3) is 0.364. The fourth-order valence-corrected chi connectivity index (χ4v) is 1.87. The van der Waals surface area contributed by atoms with E-state index in [1.54, 1.807) is 6.07 Å². The number of halogens is 1. The van der Waals surface area contributed by atoms with E-state index in [1.807, 2.05) is 13.0 Å². The number of nitrogens with one attached hydrogen (secondary N) is 1. The van der Waals surface area contributed by atoms with E-state index in [2.05, 4.69) is 5.32 Å². The number of ether oxygens (including phenoxy) is 1. The summed E-state index contributed by atoms with van der Waals surface area (Å²) in [6.07, 6.45) is -0.0629. The molecule has 86 valence electrons. The van der Waals surface area contributed by atoms with E-state index in [4.69, 9.17) is 22.1 Å². The van der Waals surface area contributed by atoms with Crippen molar-refractivity contribution in [1.29, 1.82) is 0 Å². The molecule has 1 aliphatic rings. The number of fused-ring (bicyclic) bond motifs is 1. The van der Waals surface area contributed by atoms with E-state index in [9.17, 15) is 4.79 Å². The summed E-state index contributed by atoms with van der Waals surface area (Å²) in [5, 5.41) is 3.30. The summed E-state index contributed by atoms with van der Waals surface area (Å²) in [7, 11) is 0. The predicted octanol–water partition coefficient (Wildman–Crippen LogP) is 1.70. The van der Waals surface area contributed by atoms with Crippen molar-refractivity contribution < 1.29 is 9.53 Å². The lowest BCUT2D eigenvalue weighted by molar-refractivity contribution is -0.123. The Kier molecular flexibility index (Phi) is 3.03. The molecule has 1 aliphatic heterocycles. The van der Waals surface area contributed by atoms with Gasteiger partial charge in [0.15, 0.2) is 11.9 Å². The highest BCUT2D eigenvalue weighted by atomic mass is 35.5. The molecule has 1 heterocycles. The SMILES string of the molecule is Cc1ccc(Cl)c2c1NC(=O)C(CCN)O2. The van der Waals surface area contributed by atoms with Gasteiger partial charge in [0.1, 0.15) is 0 Å². The smallest absolute Gasteiger partial charge is 0.265 e. The Bertz CT molecular complexity index is 434. The fourth-order valence-electron chi connectivity index (χ4n) is 1.67. The first kappa shape index (κ1) is 11.2. The molecule has 0 fully saturated rings. The highest BCUT2D eigenvalue weighted by molar-refractivity contribution is 6.33. The van der Waals surface area contributed by atoms with Gasteiger partial charge in [-0.1, -0.05) is 17.7 Å². The van der Waals surface area contributed by atoms with E-state index in [-0.39, 0.29) is 5.91 Å². The highest BCUT2D eigenvalue weighted by Crippen LogP contribution is 2.39. The second-order valence-electron chi connectivity index (χ2n) is 3.74. The molecule has 5 heteroatoms. The van der Waals surface area contributed by atoms with Crippen molar-refractivity contribution in [3.63, 3.8) is 0 Å². The molecule has 4 nitrogen and oxygen atoms in total. The number of aryl methyl sites for hydroxylation is 1. The topological polar surface area (TPSA) is 64.4 Å². The summed E-state index contributed by atoms with van der Waals surface area (Å²) >= 11 is 6.02. The molecule has 0 spiro atoms. The molecule has 2 rings (SSSR count). The van der Waals surface area contributed by atoms with Crippen molar-refractivity contribution in [3.05, 3.63) is 22.7 Å². The minimum Gasteiger partial charge on any atom is -0.477 e. The monoisotopic (exact) mass is 240 g/mol. The van der Waals surface area contributed by atoms with Crippen LogP contribution in [0.15, 0.2) is 12.1 Å². The van der Waals surface area contributed by atoms with Gasteiger partial charge in [0.05, 0.1) is 10.7 Å². The zero-order valence-electron chi connectivity index (χ0n) is 8.92. The number of anilines is 1. The Morgan fingerprint density at radius 3 is 3.00 bits per heavy atom. The van der Waals surface area contributed by atoms with Gasteiger partial charge in [-0.25, -0.2) is 0 Å². The van der Waals surface area contributed by atoms with Crippen molar-refractivity contribution in [1.82, 2.24) is 0 Å². The number of hydrogen-bond acceptors (Lipinski definition) is 3. The number of carbonyl (C=O) groups is 1. The summed E-state index contributed by atoms with van der Waals surface area (Å²) in [5.74, 6) is 0.378. The van der Waals surface area contributed by atoms with Crippen LogP contribution in [-0.4, -0.2) is 18.6 Å². The number of amides is 1. The molecule has 0 aliphatic carbocycles. The molecule has 0 aromatic heterocycles. The van der Waals surface area contributed by atoms with Gasteiger partial charge in [-0.15, -0.1) is 0 Å². The Labute approximate surface area is 98.7 Å². The van der Waals surface area contributed by atoms with Crippen LogP contribution >= 0.6 is 11.6 Å². The maximum absolute atomic E-state index is 11.7. The largest absolute Gasteiger partial charge is 0.477 e. The van der Waals surface area contributed by atoms with E-state index in [0.717, 1.165) is 5.56 Å². The van der Waals surface area contributed by atoms with Crippen molar-refractivity contribution in [2.45, 2.75) is 19.4 Å². The van der Waals surface area contributed by atoms with Gasteiger partial charge in [-0.05, 0) is 25.1 Å². The molecule has 1 aromatic rings. The third-order valence-electron chi connectivity index (χ3n) is 2.55. The second-order valence-corrected chi connectivity index (χ2v) is 4.15. The minimum absolute atomic E-state index is 0.164. The van der Waals surface area contributed by atoms with Crippen LogP contribution < -0.4 is 15.8 Å². The van der Waals surface area contributed by atoms with E-state index in [1.165, 1.54) is 0 Å². The highest BCUT2D eigenvalue weighted by Gasteiger charge is 2.29. The first-order valence-electron chi connectivity index (χ1n) is 5.10. The summed E-state index contributed by atoms with van der Waals surface area (Å²) in [6, 6.07) is 3.60. The van der Waals surface area contributed by atoms with Gasteiger partial charge < -0.3 is 15.8 Å². The zero-order chi connectivity index (χ0) is 11.7. The van der Waals surface area contributed by atoms with Crippen molar-refractivity contribution >= 4 is 23.2 Å².